The van der Waals surface area contributed by atoms with Crippen LogP contribution in [-0.4, -0.2) is 19.4 Å². The Kier molecular flexibility index (Phi) is 5.89. The summed E-state index contributed by atoms with van der Waals surface area (Å²) < 4.78 is 4.63. The van der Waals surface area contributed by atoms with Crippen molar-refractivity contribution < 1.29 is 0 Å². The van der Waals surface area contributed by atoms with E-state index < -0.39 is 0 Å². The lowest BCUT2D eigenvalue weighted by Gasteiger charge is -2.09. The molecule has 0 fully saturated rings. The Bertz CT molecular complexity index is 1640. The number of allylic oxidation sites excluding steroid dienone is 10. The van der Waals surface area contributed by atoms with Crippen LogP contribution in [0.25, 0.3) is 44.4 Å². The summed E-state index contributed by atoms with van der Waals surface area (Å²) in [6.45, 7) is 4.16. The van der Waals surface area contributed by atoms with Gasteiger partial charge in [-0.05, 0) is 62.1 Å². The van der Waals surface area contributed by atoms with E-state index in [1.165, 1.54) is 48.5 Å². The topological polar surface area (TPSA) is 9.86 Å². The smallest absolute Gasteiger partial charge is 0.0608 e. The highest BCUT2D eigenvalue weighted by Gasteiger charge is 2.15. The minimum absolute atomic E-state index is 0.984. The molecule has 4 aromatic rings. The fourth-order valence-corrected chi connectivity index (χ4v) is 5.11. The monoisotopic (exact) mass is 448 g/mol. The molecular weight excluding hydrogens is 420 g/mol. The van der Waals surface area contributed by atoms with E-state index in [4.69, 9.17) is 0 Å². The van der Waals surface area contributed by atoms with Gasteiger partial charge in [-0.2, -0.15) is 0 Å². The maximum Gasteiger partial charge on any atom is 0.0608 e. The molecule has 2 aromatic carbocycles. The lowest BCUT2D eigenvalue weighted by atomic mass is 10.0. The average Bonchev–Trinajstić information content (AvgIpc) is 3.48. The Morgan fingerprint density at radius 1 is 1.03 bits per heavy atom. The first kappa shape index (κ1) is 21.3. The quantitative estimate of drug-likeness (QED) is 0.292. The van der Waals surface area contributed by atoms with Gasteiger partial charge in [0, 0.05) is 50.7 Å². The first-order valence-corrected chi connectivity index (χ1v) is 12.2. The van der Waals surface area contributed by atoms with Crippen LogP contribution in [-0.2, 0) is 7.05 Å². The third-order valence-electron chi connectivity index (χ3n) is 6.14. The fourth-order valence-electron chi connectivity index (χ4n) is 4.58. The highest BCUT2D eigenvalue weighted by Crippen LogP contribution is 2.34. The van der Waals surface area contributed by atoms with Gasteiger partial charge < -0.3 is 9.13 Å². The summed E-state index contributed by atoms with van der Waals surface area (Å²) in [6.07, 6.45) is 24.7. The summed E-state index contributed by atoms with van der Waals surface area (Å²) in [5.74, 6) is 0. The maximum atomic E-state index is 2.32. The van der Waals surface area contributed by atoms with Crippen molar-refractivity contribution in [2.45, 2.75) is 20.3 Å². The first-order chi connectivity index (χ1) is 16.2. The molecule has 1 aliphatic heterocycles. The first-order valence-electron chi connectivity index (χ1n) is 11.4. The van der Waals surface area contributed by atoms with Gasteiger partial charge in [0.25, 0.3) is 0 Å². The SMILES string of the molecule is C/C=C\C=c1/c2cccc3c2c(cc2ccn(C4=CC=CCC=C4)c23)n1C.CC1=S=CC=C1. The van der Waals surface area contributed by atoms with Gasteiger partial charge in [0.1, 0.15) is 0 Å². The zero-order chi connectivity index (χ0) is 22.8. The van der Waals surface area contributed by atoms with E-state index in [2.05, 4.69) is 133 Å². The number of rotatable bonds is 2. The Morgan fingerprint density at radius 3 is 2.67 bits per heavy atom. The molecule has 0 saturated carbocycles. The minimum atomic E-state index is 0.984. The zero-order valence-corrected chi connectivity index (χ0v) is 20.1. The molecule has 0 amide bonds. The van der Waals surface area contributed by atoms with Gasteiger partial charge in [0.05, 0.1) is 11.0 Å². The van der Waals surface area contributed by atoms with Crippen LogP contribution in [0.15, 0.2) is 91.2 Å². The molecule has 0 spiro atoms. The molecule has 0 unspecified atom stereocenters. The van der Waals surface area contributed by atoms with E-state index in [9.17, 15) is 0 Å². The van der Waals surface area contributed by atoms with Crippen molar-refractivity contribution in [3.63, 3.8) is 0 Å². The molecule has 6 rings (SSSR count). The average molecular weight is 449 g/mol. The van der Waals surface area contributed by atoms with E-state index in [0.29, 0.717) is 0 Å². The van der Waals surface area contributed by atoms with Crippen molar-refractivity contribution in [3.05, 3.63) is 96.6 Å². The van der Waals surface area contributed by atoms with E-state index in [1.807, 2.05) is 0 Å². The van der Waals surface area contributed by atoms with Crippen molar-refractivity contribution in [2.75, 3.05) is 0 Å². The predicted molar refractivity (Wildman–Crippen MR) is 151 cm³/mol. The van der Waals surface area contributed by atoms with Gasteiger partial charge in [-0.3, -0.25) is 0 Å². The minimum Gasteiger partial charge on any atom is -0.344 e. The van der Waals surface area contributed by atoms with Gasteiger partial charge in [-0.15, -0.1) is 10.9 Å². The van der Waals surface area contributed by atoms with Crippen LogP contribution in [0, 0.1) is 0 Å². The molecule has 33 heavy (non-hydrogen) atoms. The standard InChI is InChI=1S/C25H22N2.C5H6S/c1-3-4-14-22-20-12-9-13-21-24(20)23(26(22)2)17-18-15-16-27(25(18)21)19-10-7-5-6-8-11-19;1-5-3-2-4-6-5/h3-5,7-17H,6H2,1-2H3;2-4H,1H3/b4-3-,22-14+;. The number of fused-ring (bicyclic) bond motifs is 2. The Hall–Kier alpha value is -3.56. The normalized spacial score (nSPS) is 15.9. The molecule has 2 aliphatic rings. The number of aromatic nitrogens is 2. The van der Waals surface area contributed by atoms with E-state index in [0.717, 1.165) is 6.42 Å². The van der Waals surface area contributed by atoms with Crippen LogP contribution in [0.5, 0.6) is 0 Å². The van der Waals surface area contributed by atoms with Crippen LogP contribution in [0.2, 0.25) is 0 Å². The number of nitrogens with zero attached hydrogens (tertiary/aromatic N) is 2. The second-order valence-electron chi connectivity index (χ2n) is 8.27. The van der Waals surface area contributed by atoms with Crippen LogP contribution in [0.3, 0.4) is 0 Å². The van der Waals surface area contributed by atoms with E-state index in [1.54, 1.807) is 10.9 Å². The summed E-state index contributed by atoms with van der Waals surface area (Å²) in [5, 5.41) is 8.57. The van der Waals surface area contributed by atoms with Crippen molar-refractivity contribution in [2.24, 2.45) is 7.05 Å². The van der Waals surface area contributed by atoms with Gasteiger partial charge in [-0.25, -0.2) is 0 Å². The number of aryl methyl sites for hydroxylation is 1. The largest absolute Gasteiger partial charge is 0.344 e. The summed E-state index contributed by atoms with van der Waals surface area (Å²) >= 11 is 0. The van der Waals surface area contributed by atoms with Crippen molar-refractivity contribution in [1.29, 1.82) is 0 Å². The van der Waals surface area contributed by atoms with Gasteiger partial charge in [0.15, 0.2) is 0 Å². The highest BCUT2D eigenvalue weighted by atomic mass is 32.1. The van der Waals surface area contributed by atoms with E-state index in [-0.39, 0.29) is 0 Å². The van der Waals surface area contributed by atoms with Crippen molar-refractivity contribution in [3.8, 4) is 0 Å². The summed E-state index contributed by atoms with van der Waals surface area (Å²) in [5.41, 5.74) is 3.77. The van der Waals surface area contributed by atoms with Gasteiger partial charge >= 0.3 is 0 Å². The Morgan fingerprint density at radius 2 is 1.91 bits per heavy atom. The second-order valence-corrected chi connectivity index (χ2v) is 9.42. The zero-order valence-electron chi connectivity index (χ0n) is 19.3. The number of hydrogen-bond acceptors (Lipinski definition) is 0. The molecule has 2 nitrogen and oxygen atoms in total. The molecule has 0 saturated heterocycles. The maximum absolute atomic E-state index is 2.32. The van der Waals surface area contributed by atoms with Crippen LogP contribution in [0.1, 0.15) is 20.3 Å². The molecular formula is C30H28N2S. The molecule has 0 N–H and O–H groups in total. The highest BCUT2D eigenvalue weighted by molar-refractivity contribution is 7.98. The van der Waals surface area contributed by atoms with E-state index >= 15 is 0 Å². The molecule has 0 radical (unpaired) electrons. The third kappa shape index (κ3) is 3.90. The van der Waals surface area contributed by atoms with Crippen LogP contribution in [0.4, 0.5) is 0 Å². The summed E-state index contributed by atoms with van der Waals surface area (Å²) in [7, 11) is 3.94. The predicted octanol–water partition coefficient (Wildman–Crippen LogP) is 7.00. The third-order valence-corrected chi connectivity index (χ3v) is 6.94. The fraction of sp³-hybridized carbons (Fsp3) is 0.133. The second kappa shape index (κ2) is 9.13. The number of benzene rings is 2. The number of hydrogen-bond donors (Lipinski definition) is 0. The van der Waals surface area contributed by atoms with Gasteiger partial charge in [-0.1, -0.05) is 54.7 Å². The molecule has 164 valence electrons. The molecule has 3 heteroatoms. The Labute approximate surface area is 198 Å². The molecule has 0 atom stereocenters. The summed E-state index contributed by atoms with van der Waals surface area (Å²) in [4.78, 5) is 1.38. The molecule has 3 heterocycles. The Balaban J connectivity index is 0.000000332. The van der Waals surface area contributed by atoms with Crippen molar-refractivity contribution in [1.82, 2.24) is 9.13 Å². The van der Waals surface area contributed by atoms with Crippen LogP contribution >= 0.6 is 10.9 Å². The molecule has 0 bridgehead atoms. The lowest BCUT2D eigenvalue weighted by Crippen LogP contribution is -2.11. The molecule has 2 aromatic heterocycles. The summed E-state index contributed by atoms with van der Waals surface area (Å²) in [6, 6.07) is 11.2. The lowest BCUT2D eigenvalue weighted by molar-refractivity contribution is 0.937. The van der Waals surface area contributed by atoms with Gasteiger partial charge in [0.2, 0.25) is 0 Å². The van der Waals surface area contributed by atoms with Crippen molar-refractivity contribution >= 4 is 65.5 Å². The molecule has 1 aliphatic carbocycles. The van der Waals surface area contributed by atoms with Crippen LogP contribution < -0.4 is 5.35 Å².